The van der Waals surface area contributed by atoms with Gasteiger partial charge in [0, 0.05) is 0 Å². The number of aliphatic imine (C=N–C) groups is 1. The number of carbonyl (C=O) groups is 2. The van der Waals surface area contributed by atoms with Crippen molar-refractivity contribution in [2.45, 2.75) is 11.8 Å². The third-order valence-electron chi connectivity index (χ3n) is 2.25. The number of nitrogens with zero attached hydrogens (tertiary/aromatic N) is 5. The minimum absolute atomic E-state index is 1.19. The summed E-state index contributed by atoms with van der Waals surface area (Å²) in [5.41, 5.74) is -4.04. The first-order chi connectivity index (χ1) is 9.56. The van der Waals surface area contributed by atoms with E-state index >= 15 is 0 Å². The number of nitrogens with one attached hydrogen (secondary N) is 1. The van der Waals surface area contributed by atoms with Crippen molar-refractivity contribution < 1.29 is 29.3 Å². The third kappa shape index (κ3) is 2.09. The molecule has 0 saturated heterocycles. The van der Waals surface area contributed by atoms with Crippen LogP contribution in [0.15, 0.2) is 4.99 Å². The minimum atomic E-state index is -4.04. The molecule has 0 aromatic rings. The van der Waals surface area contributed by atoms with Gasteiger partial charge in [-0.3, -0.25) is 55.4 Å². The van der Waals surface area contributed by atoms with Crippen molar-refractivity contribution in [3.8, 4) is 0 Å². The van der Waals surface area contributed by atoms with E-state index in [-0.39, 0.29) is 0 Å². The zero-order valence-corrected chi connectivity index (χ0v) is 9.40. The molecule has 0 aromatic carbocycles. The molecule has 2 amide bonds. The predicted molar refractivity (Wildman–Crippen MR) is 55.1 cm³/mol. The van der Waals surface area contributed by atoms with Gasteiger partial charge >= 0.3 is 23.6 Å². The first kappa shape index (κ1) is 15.5. The highest BCUT2D eigenvalue weighted by Gasteiger charge is 2.75. The smallest absolute Gasteiger partial charge is 0.288 e. The minimum Gasteiger partial charge on any atom is -0.288 e. The monoisotopic (exact) mass is 306 g/mol. The van der Waals surface area contributed by atoms with Crippen molar-refractivity contribution in [1.29, 1.82) is 0 Å². The van der Waals surface area contributed by atoms with E-state index < -0.39 is 49.2 Å². The Balaban J connectivity index is 3.45. The van der Waals surface area contributed by atoms with Gasteiger partial charge in [-0.1, -0.05) is 0 Å². The molecule has 1 aliphatic rings. The van der Waals surface area contributed by atoms with Gasteiger partial charge in [0.15, 0.2) is 0 Å². The zero-order valence-electron chi connectivity index (χ0n) is 9.40. The van der Waals surface area contributed by atoms with Gasteiger partial charge < -0.3 is 0 Å². The summed E-state index contributed by atoms with van der Waals surface area (Å²) in [6, 6.07) is 0. The molecular formula is C5H2N6O10. The zero-order chi connectivity index (χ0) is 16.5. The fourth-order valence-corrected chi connectivity index (χ4v) is 1.30. The molecule has 0 radical (unpaired) electrons. The van der Waals surface area contributed by atoms with Crippen LogP contribution in [0.25, 0.3) is 0 Å². The van der Waals surface area contributed by atoms with E-state index in [1.165, 1.54) is 5.32 Å². The molecule has 16 nitrogen and oxygen atoms in total. The summed E-state index contributed by atoms with van der Waals surface area (Å²) < 4.78 is 0. The maximum absolute atomic E-state index is 11.4. The van der Waals surface area contributed by atoms with E-state index in [9.17, 15) is 50.0 Å². The second-order valence-corrected chi connectivity index (χ2v) is 3.39. The summed E-state index contributed by atoms with van der Waals surface area (Å²) in [5.74, 6) is -5.94. The van der Waals surface area contributed by atoms with Crippen LogP contribution in [-0.4, -0.2) is 49.2 Å². The molecule has 0 aromatic heterocycles. The molecule has 0 atom stereocenters. The Morgan fingerprint density at radius 2 is 1.38 bits per heavy atom. The van der Waals surface area contributed by atoms with Crippen molar-refractivity contribution in [1.82, 2.24) is 5.32 Å². The van der Waals surface area contributed by atoms with Gasteiger partial charge in [0.05, 0.1) is 0 Å². The van der Waals surface area contributed by atoms with Gasteiger partial charge in [-0.2, -0.15) is 4.99 Å². The normalized spacial score (nSPS) is 16.9. The fraction of sp³-hybridized carbons (Fsp3) is 0.400. The number of hydrogen-bond acceptors (Lipinski definition) is 10. The van der Waals surface area contributed by atoms with Crippen LogP contribution in [0.3, 0.4) is 0 Å². The molecule has 0 unspecified atom stereocenters. The summed E-state index contributed by atoms with van der Waals surface area (Å²) in [7, 11) is 0. The Morgan fingerprint density at radius 1 is 0.952 bits per heavy atom. The maximum Gasteiger partial charge on any atom is 0.615 e. The number of hydrogen-bond donors (Lipinski definition) is 1. The molecule has 16 heteroatoms. The van der Waals surface area contributed by atoms with E-state index in [2.05, 4.69) is 4.99 Å². The lowest BCUT2D eigenvalue weighted by Crippen LogP contribution is -2.68. The molecule has 0 saturated carbocycles. The summed E-state index contributed by atoms with van der Waals surface area (Å²) >= 11 is 0. The molecular weight excluding hydrogens is 304 g/mol. The Hall–Kier alpha value is -3.59. The number of amides is 2. The average molecular weight is 306 g/mol. The first-order valence-electron chi connectivity index (χ1n) is 4.57. The van der Waals surface area contributed by atoms with E-state index in [4.69, 9.17) is 0 Å². The highest BCUT2D eigenvalue weighted by molar-refractivity contribution is 6.20. The van der Waals surface area contributed by atoms with Crippen molar-refractivity contribution in [2.24, 2.45) is 4.99 Å². The Labute approximate surface area is 111 Å². The summed E-state index contributed by atoms with van der Waals surface area (Å²) in [6.07, 6.45) is -2.91. The number of amidine groups is 1. The molecule has 0 spiro atoms. The van der Waals surface area contributed by atoms with Gasteiger partial charge in [-0.05, 0) is 0 Å². The van der Waals surface area contributed by atoms with Crippen LogP contribution >= 0.6 is 0 Å². The van der Waals surface area contributed by atoms with E-state index in [0.717, 1.165) is 0 Å². The average Bonchev–Trinajstić information content (AvgIpc) is 2.25. The van der Waals surface area contributed by atoms with Gasteiger partial charge in [0.25, 0.3) is 5.84 Å². The van der Waals surface area contributed by atoms with Crippen LogP contribution < -0.4 is 5.32 Å². The van der Waals surface area contributed by atoms with Gasteiger partial charge in [-0.15, -0.1) is 0 Å². The van der Waals surface area contributed by atoms with Crippen molar-refractivity contribution in [2.75, 3.05) is 0 Å². The van der Waals surface area contributed by atoms with Crippen LogP contribution in [0.4, 0.5) is 0 Å². The van der Waals surface area contributed by atoms with Crippen LogP contribution in [0.5, 0.6) is 0 Å². The molecule has 21 heavy (non-hydrogen) atoms. The summed E-state index contributed by atoms with van der Waals surface area (Å²) in [6.45, 7) is 0. The molecule has 1 aliphatic heterocycles. The van der Waals surface area contributed by atoms with Gasteiger partial charge in [0.1, 0.15) is 19.7 Å². The topological polar surface area (TPSA) is 231 Å². The van der Waals surface area contributed by atoms with E-state index in [1.807, 2.05) is 0 Å². The van der Waals surface area contributed by atoms with Crippen LogP contribution in [-0.2, 0) is 9.59 Å². The Kier molecular flexibility index (Phi) is 3.56. The van der Waals surface area contributed by atoms with Crippen molar-refractivity contribution >= 4 is 17.6 Å². The predicted octanol–water partition coefficient (Wildman–Crippen LogP) is -2.83. The quantitative estimate of drug-likeness (QED) is 0.236. The maximum atomic E-state index is 11.4. The lowest BCUT2D eigenvalue weighted by Gasteiger charge is -2.17. The second kappa shape index (κ2) is 4.83. The van der Waals surface area contributed by atoms with Crippen molar-refractivity contribution in [3.05, 3.63) is 40.5 Å². The molecule has 1 N–H and O–H groups in total. The number of nitro groups is 4. The fourth-order valence-electron chi connectivity index (χ4n) is 1.30. The highest BCUT2D eigenvalue weighted by atomic mass is 16.7. The molecule has 0 fully saturated rings. The van der Waals surface area contributed by atoms with Gasteiger partial charge in [-0.25, -0.2) is 0 Å². The van der Waals surface area contributed by atoms with Crippen LogP contribution in [0, 0.1) is 40.5 Å². The highest BCUT2D eigenvalue weighted by Crippen LogP contribution is 2.18. The van der Waals surface area contributed by atoms with Crippen molar-refractivity contribution in [3.63, 3.8) is 0 Å². The standard InChI is InChI=1S/C5H2N6O10/c12-3-5(10(18)19,11(20)21)4(13)7-1(6-3)2(8(14)15)9(16)17/h2H,(H,6,7,12,13). The lowest BCUT2D eigenvalue weighted by atomic mass is 10.1. The molecule has 0 bridgehead atoms. The van der Waals surface area contributed by atoms with Crippen LogP contribution in [0.1, 0.15) is 0 Å². The number of rotatable bonds is 5. The van der Waals surface area contributed by atoms with E-state index in [1.54, 1.807) is 0 Å². The second-order valence-electron chi connectivity index (χ2n) is 3.39. The third-order valence-corrected chi connectivity index (χ3v) is 2.25. The number of carbonyl (C=O) groups excluding carboxylic acids is 2. The molecule has 0 aliphatic carbocycles. The summed E-state index contributed by atoms with van der Waals surface area (Å²) in [4.78, 5) is 60.7. The Bertz CT molecular complexity index is 593. The molecule has 1 heterocycles. The first-order valence-corrected chi connectivity index (χ1v) is 4.57. The molecule has 112 valence electrons. The SMILES string of the molecule is O=C1N=C(C([N+](=O)[O-])[N+](=O)[O-])NC(=O)C1([N+](=O)[O-])[N+](=O)[O-]. The lowest BCUT2D eigenvalue weighted by molar-refractivity contribution is -0.755. The van der Waals surface area contributed by atoms with E-state index in [0.29, 0.717) is 0 Å². The molecule has 1 rings (SSSR count). The summed E-state index contributed by atoms with van der Waals surface area (Å²) in [5, 5.41) is 43.3. The largest absolute Gasteiger partial charge is 0.615 e. The van der Waals surface area contributed by atoms with Gasteiger partial charge in [0.2, 0.25) is 0 Å². The Morgan fingerprint density at radius 3 is 1.67 bits per heavy atom. The van der Waals surface area contributed by atoms with Crippen LogP contribution in [0.2, 0.25) is 0 Å².